The summed E-state index contributed by atoms with van der Waals surface area (Å²) in [6.07, 6.45) is 6.07. The van der Waals surface area contributed by atoms with Gasteiger partial charge in [-0.3, -0.25) is 4.79 Å². The van der Waals surface area contributed by atoms with Crippen molar-refractivity contribution in [3.63, 3.8) is 0 Å². The van der Waals surface area contributed by atoms with E-state index >= 15 is 0 Å². The number of ether oxygens (including phenoxy) is 1. The molecule has 6 heteroatoms. The quantitative estimate of drug-likeness (QED) is 0.423. The Morgan fingerprint density at radius 3 is 2.33 bits per heavy atom. The minimum Gasteiger partial charge on any atom is -0.494 e. The van der Waals surface area contributed by atoms with Crippen molar-refractivity contribution < 1.29 is 9.53 Å². The Kier molecular flexibility index (Phi) is 9.29. The maximum Gasteiger partial charge on any atom is 0.243 e. The van der Waals surface area contributed by atoms with Gasteiger partial charge in [-0.05, 0) is 48.9 Å². The van der Waals surface area contributed by atoms with Crippen LogP contribution in [-0.4, -0.2) is 19.1 Å². The lowest BCUT2D eigenvalue weighted by Crippen LogP contribution is -2.21. The fourth-order valence-corrected chi connectivity index (χ4v) is 2.82. The molecule has 2 N–H and O–H groups in total. The largest absolute Gasteiger partial charge is 0.494 e. The highest BCUT2D eigenvalue weighted by Crippen LogP contribution is 2.25. The molecule has 0 aromatic heterocycles. The number of amides is 1. The molecule has 0 heterocycles. The molecule has 27 heavy (non-hydrogen) atoms. The average molecular weight is 409 g/mol. The summed E-state index contributed by atoms with van der Waals surface area (Å²) in [6, 6.07) is 12.6. The molecule has 146 valence electrons. The molecule has 0 saturated heterocycles. The zero-order valence-electron chi connectivity index (χ0n) is 15.6. The van der Waals surface area contributed by atoms with Crippen molar-refractivity contribution in [3.8, 4) is 5.75 Å². The summed E-state index contributed by atoms with van der Waals surface area (Å²) in [5, 5.41) is 6.78. The number of halogens is 2. The third-order valence-corrected chi connectivity index (χ3v) is 4.77. The fourth-order valence-electron chi connectivity index (χ4n) is 2.52. The summed E-state index contributed by atoms with van der Waals surface area (Å²) in [7, 11) is 0. The number of unbranched alkanes of at least 4 members (excludes halogenated alkanes) is 4. The van der Waals surface area contributed by atoms with Crippen molar-refractivity contribution >= 4 is 40.5 Å². The molecule has 0 bridgehead atoms. The van der Waals surface area contributed by atoms with Gasteiger partial charge >= 0.3 is 0 Å². The maximum absolute atomic E-state index is 12.1. The molecule has 2 aromatic rings. The monoisotopic (exact) mass is 408 g/mol. The van der Waals surface area contributed by atoms with E-state index in [-0.39, 0.29) is 12.5 Å². The first-order valence-corrected chi connectivity index (χ1v) is 10.1. The van der Waals surface area contributed by atoms with Gasteiger partial charge in [0.15, 0.2) is 0 Å². The molecule has 0 atom stereocenters. The van der Waals surface area contributed by atoms with Crippen LogP contribution in [0.1, 0.15) is 39.0 Å². The highest BCUT2D eigenvalue weighted by atomic mass is 35.5. The molecular weight excluding hydrogens is 383 g/mol. The van der Waals surface area contributed by atoms with E-state index in [1.807, 2.05) is 24.3 Å². The number of hydrogen-bond donors (Lipinski definition) is 2. The predicted octanol–water partition coefficient (Wildman–Crippen LogP) is 6.39. The normalized spacial score (nSPS) is 10.5. The Bertz CT molecular complexity index is 721. The molecule has 1 amide bonds. The van der Waals surface area contributed by atoms with Crippen LogP contribution in [-0.2, 0) is 4.79 Å². The summed E-state index contributed by atoms with van der Waals surface area (Å²) in [5.41, 5.74) is 1.47. The third kappa shape index (κ3) is 8.10. The van der Waals surface area contributed by atoms with Crippen LogP contribution in [0.4, 0.5) is 11.4 Å². The second kappa shape index (κ2) is 11.7. The van der Waals surface area contributed by atoms with Crippen LogP contribution >= 0.6 is 23.2 Å². The van der Waals surface area contributed by atoms with Crippen LogP contribution in [0.5, 0.6) is 5.75 Å². The van der Waals surface area contributed by atoms with E-state index in [1.54, 1.807) is 18.2 Å². The third-order valence-electron chi connectivity index (χ3n) is 4.03. The standard InChI is InChI=1S/C21H26Cl2N2O2/c1-2-3-4-5-6-13-27-18-10-7-16(8-11-18)25-21(26)15-24-17-9-12-19(22)20(23)14-17/h7-12,14,24H,2-6,13,15H2,1H3,(H,25,26). The van der Waals surface area contributed by atoms with Crippen LogP contribution in [0.15, 0.2) is 42.5 Å². The zero-order valence-corrected chi connectivity index (χ0v) is 17.1. The highest BCUT2D eigenvalue weighted by molar-refractivity contribution is 6.42. The molecule has 0 unspecified atom stereocenters. The van der Waals surface area contributed by atoms with Crippen molar-refractivity contribution in [2.24, 2.45) is 0 Å². The molecule has 0 aliphatic rings. The Balaban J connectivity index is 1.70. The zero-order chi connectivity index (χ0) is 19.5. The molecule has 0 aliphatic carbocycles. The van der Waals surface area contributed by atoms with Gasteiger partial charge in [-0.15, -0.1) is 0 Å². The first kappa shape index (κ1) is 21.4. The first-order chi connectivity index (χ1) is 13.1. The molecule has 0 saturated carbocycles. The summed E-state index contributed by atoms with van der Waals surface area (Å²) in [5.74, 6) is 0.670. The number of anilines is 2. The number of carbonyl (C=O) groups is 1. The van der Waals surface area contributed by atoms with E-state index in [4.69, 9.17) is 27.9 Å². The van der Waals surface area contributed by atoms with Crippen LogP contribution in [0.3, 0.4) is 0 Å². The molecule has 0 spiro atoms. The lowest BCUT2D eigenvalue weighted by Gasteiger charge is -2.10. The predicted molar refractivity (Wildman–Crippen MR) is 114 cm³/mol. The number of rotatable bonds is 11. The second-order valence-electron chi connectivity index (χ2n) is 6.32. The van der Waals surface area contributed by atoms with Gasteiger partial charge in [0.2, 0.25) is 5.91 Å². The lowest BCUT2D eigenvalue weighted by molar-refractivity contribution is -0.114. The van der Waals surface area contributed by atoms with Crippen molar-refractivity contribution in [1.29, 1.82) is 0 Å². The van der Waals surface area contributed by atoms with Gasteiger partial charge in [-0.2, -0.15) is 0 Å². The van der Waals surface area contributed by atoms with Crippen LogP contribution in [0, 0.1) is 0 Å². The van der Waals surface area contributed by atoms with E-state index in [9.17, 15) is 4.79 Å². The number of benzene rings is 2. The highest BCUT2D eigenvalue weighted by Gasteiger charge is 2.04. The number of carbonyl (C=O) groups excluding carboxylic acids is 1. The van der Waals surface area contributed by atoms with Gasteiger partial charge in [0.25, 0.3) is 0 Å². The molecular formula is C21H26Cl2N2O2. The fraction of sp³-hybridized carbons (Fsp3) is 0.381. The molecule has 4 nitrogen and oxygen atoms in total. The molecule has 0 radical (unpaired) electrons. The Hall–Kier alpha value is -1.91. The van der Waals surface area contributed by atoms with Crippen molar-refractivity contribution in [2.75, 3.05) is 23.8 Å². The van der Waals surface area contributed by atoms with E-state index in [0.717, 1.165) is 30.2 Å². The van der Waals surface area contributed by atoms with Gasteiger partial charge in [0.1, 0.15) is 5.75 Å². The minimum absolute atomic E-state index is 0.133. The Morgan fingerprint density at radius 2 is 1.63 bits per heavy atom. The van der Waals surface area contributed by atoms with E-state index < -0.39 is 0 Å². The van der Waals surface area contributed by atoms with Crippen LogP contribution in [0.2, 0.25) is 10.0 Å². The number of hydrogen-bond acceptors (Lipinski definition) is 3. The van der Waals surface area contributed by atoms with Crippen molar-refractivity contribution in [2.45, 2.75) is 39.0 Å². The van der Waals surface area contributed by atoms with E-state index in [2.05, 4.69) is 17.6 Å². The van der Waals surface area contributed by atoms with Gasteiger partial charge in [0, 0.05) is 11.4 Å². The molecule has 0 aliphatic heterocycles. The first-order valence-electron chi connectivity index (χ1n) is 9.30. The van der Waals surface area contributed by atoms with Crippen molar-refractivity contribution in [1.82, 2.24) is 0 Å². The maximum atomic E-state index is 12.1. The van der Waals surface area contributed by atoms with Gasteiger partial charge in [-0.25, -0.2) is 0 Å². The smallest absolute Gasteiger partial charge is 0.243 e. The Morgan fingerprint density at radius 1 is 0.926 bits per heavy atom. The van der Waals surface area contributed by atoms with Gasteiger partial charge < -0.3 is 15.4 Å². The molecule has 2 aromatic carbocycles. The van der Waals surface area contributed by atoms with Gasteiger partial charge in [-0.1, -0.05) is 55.8 Å². The topological polar surface area (TPSA) is 50.4 Å². The summed E-state index contributed by atoms with van der Waals surface area (Å²) < 4.78 is 5.72. The number of nitrogens with one attached hydrogen (secondary N) is 2. The van der Waals surface area contributed by atoms with E-state index in [1.165, 1.54) is 25.7 Å². The van der Waals surface area contributed by atoms with Crippen LogP contribution < -0.4 is 15.4 Å². The molecule has 2 rings (SSSR count). The van der Waals surface area contributed by atoms with Gasteiger partial charge in [0.05, 0.1) is 23.2 Å². The average Bonchev–Trinajstić information content (AvgIpc) is 2.67. The van der Waals surface area contributed by atoms with Crippen molar-refractivity contribution in [3.05, 3.63) is 52.5 Å². The molecule has 0 fully saturated rings. The van der Waals surface area contributed by atoms with E-state index in [0.29, 0.717) is 10.0 Å². The summed E-state index contributed by atoms with van der Waals surface area (Å²) in [6.45, 7) is 3.07. The Labute approximate surface area is 171 Å². The second-order valence-corrected chi connectivity index (χ2v) is 7.13. The summed E-state index contributed by atoms with van der Waals surface area (Å²) >= 11 is 11.8. The van der Waals surface area contributed by atoms with Crippen LogP contribution in [0.25, 0.3) is 0 Å². The minimum atomic E-state index is -0.148. The summed E-state index contributed by atoms with van der Waals surface area (Å²) in [4.78, 5) is 12.1. The lowest BCUT2D eigenvalue weighted by atomic mass is 10.2. The SMILES string of the molecule is CCCCCCCOc1ccc(NC(=O)CNc2ccc(Cl)c(Cl)c2)cc1.